The maximum Gasteiger partial charge on any atom is 0.266 e. The van der Waals surface area contributed by atoms with Gasteiger partial charge in [0.1, 0.15) is 11.3 Å². The normalized spacial score (nSPS) is 14.6. The number of carbonyl (C=O) groups is 1. The van der Waals surface area contributed by atoms with Gasteiger partial charge in [0.2, 0.25) is 0 Å². The van der Waals surface area contributed by atoms with Gasteiger partial charge < -0.3 is 10.5 Å². The van der Waals surface area contributed by atoms with Crippen LogP contribution in [0.25, 0.3) is 0 Å². The van der Waals surface area contributed by atoms with Crippen LogP contribution in [0.4, 0.5) is 5.69 Å². The predicted molar refractivity (Wildman–Crippen MR) is 71.9 cm³/mol. The van der Waals surface area contributed by atoms with E-state index in [1.165, 1.54) is 4.90 Å². The SMILES string of the molecule is CC(C)(C#N)N1C(=O)COc2ccc(CCN)cc21. The Kier molecular flexibility index (Phi) is 3.45. The van der Waals surface area contributed by atoms with Crippen LogP contribution in [0.1, 0.15) is 19.4 Å². The third-order valence-electron chi connectivity index (χ3n) is 3.13. The first kappa shape index (κ1) is 13.4. The van der Waals surface area contributed by atoms with Crippen LogP contribution in [-0.4, -0.2) is 24.6 Å². The molecule has 1 aromatic rings. The molecule has 2 rings (SSSR count). The summed E-state index contributed by atoms with van der Waals surface area (Å²) in [6.07, 6.45) is 0.724. The topological polar surface area (TPSA) is 79.3 Å². The molecule has 5 nitrogen and oxygen atoms in total. The second-order valence-corrected chi connectivity index (χ2v) is 5.03. The molecule has 5 heteroatoms. The highest BCUT2D eigenvalue weighted by Gasteiger charge is 2.37. The Hall–Kier alpha value is -2.06. The number of benzene rings is 1. The van der Waals surface area contributed by atoms with Crippen molar-refractivity contribution in [2.24, 2.45) is 5.73 Å². The van der Waals surface area contributed by atoms with Gasteiger partial charge in [-0.25, -0.2) is 0 Å². The molecule has 0 aromatic heterocycles. The summed E-state index contributed by atoms with van der Waals surface area (Å²) in [7, 11) is 0. The molecule has 0 saturated carbocycles. The van der Waals surface area contributed by atoms with Gasteiger partial charge >= 0.3 is 0 Å². The summed E-state index contributed by atoms with van der Waals surface area (Å²) in [5.74, 6) is 0.424. The minimum Gasteiger partial charge on any atom is -0.482 e. The van der Waals surface area contributed by atoms with E-state index in [9.17, 15) is 10.1 Å². The maximum absolute atomic E-state index is 12.1. The predicted octanol–water partition coefficient (Wildman–Crippen LogP) is 1.22. The number of rotatable bonds is 3. The number of amides is 1. The summed E-state index contributed by atoms with van der Waals surface area (Å²) in [6, 6.07) is 7.79. The number of nitriles is 1. The molecule has 0 aliphatic carbocycles. The molecule has 1 aromatic carbocycles. The van der Waals surface area contributed by atoms with Gasteiger partial charge in [0, 0.05) is 0 Å². The van der Waals surface area contributed by atoms with E-state index < -0.39 is 5.54 Å². The van der Waals surface area contributed by atoms with Gasteiger partial charge in [-0.3, -0.25) is 9.69 Å². The van der Waals surface area contributed by atoms with Crippen molar-refractivity contribution in [3.63, 3.8) is 0 Å². The molecule has 0 spiro atoms. The number of fused-ring (bicyclic) bond motifs is 1. The van der Waals surface area contributed by atoms with Crippen molar-refractivity contribution in [2.75, 3.05) is 18.1 Å². The lowest BCUT2D eigenvalue weighted by Gasteiger charge is -2.37. The van der Waals surface area contributed by atoms with E-state index in [1.807, 2.05) is 18.2 Å². The molecule has 1 aliphatic heterocycles. The highest BCUT2D eigenvalue weighted by atomic mass is 16.5. The Bertz CT molecular complexity index is 546. The number of nitrogens with two attached hydrogens (primary N) is 1. The smallest absolute Gasteiger partial charge is 0.266 e. The fourth-order valence-corrected chi connectivity index (χ4v) is 2.18. The number of hydrogen-bond acceptors (Lipinski definition) is 4. The third-order valence-corrected chi connectivity index (χ3v) is 3.13. The summed E-state index contributed by atoms with van der Waals surface area (Å²) in [4.78, 5) is 13.6. The second-order valence-electron chi connectivity index (χ2n) is 5.03. The Morgan fingerprint density at radius 1 is 1.53 bits per heavy atom. The first-order chi connectivity index (χ1) is 8.99. The van der Waals surface area contributed by atoms with Crippen LogP contribution >= 0.6 is 0 Å². The van der Waals surface area contributed by atoms with Crippen LogP contribution in [0, 0.1) is 11.3 Å². The molecule has 1 aliphatic rings. The van der Waals surface area contributed by atoms with Gasteiger partial charge in [0.15, 0.2) is 6.61 Å². The van der Waals surface area contributed by atoms with Crippen molar-refractivity contribution in [1.29, 1.82) is 5.26 Å². The van der Waals surface area contributed by atoms with E-state index in [0.29, 0.717) is 18.0 Å². The molecule has 0 fully saturated rings. The molecule has 100 valence electrons. The molecule has 0 saturated heterocycles. The zero-order chi connectivity index (χ0) is 14.0. The number of ether oxygens (including phenoxy) is 1. The maximum atomic E-state index is 12.1. The lowest BCUT2D eigenvalue weighted by atomic mass is 10.0. The molecule has 1 heterocycles. The standard InChI is InChI=1S/C14H17N3O2/c1-14(2,9-16)17-11-7-10(5-6-15)3-4-12(11)19-8-13(17)18/h3-4,7H,5-6,8,15H2,1-2H3. The van der Waals surface area contributed by atoms with E-state index in [-0.39, 0.29) is 12.5 Å². The molecule has 2 N–H and O–H groups in total. The molecule has 1 amide bonds. The Balaban J connectivity index is 2.51. The van der Waals surface area contributed by atoms with Crippen molar-refractivity contribution >= 4 is 11.6 Å². The van der Waals surface area contributed by atoms with Gasteiger partial charge in [0.25, 0.3) is 5.91 Å². The third kappa shape index (κ3) is 2.40. The molecule has 0 unspecified atom stereocenters. The minimum atomic E-state index is -0.906. The minimum absolute atomic E-state index is 0.0334. The van der Waals surface area contributed by atoms with Crippen LogP contribution in [0.3, 0.4) is 0 Å². The summed E-state index contributed by atoms with van der Waals surface area (Å²) >= 11 is 0. The number of anilines is 1. The van der Waals surface area contributed by atoms with E-state index >= 15 is 0 Å². The van der Waals surface area contributed by atoms with Gasteiger partial charge in [0.05, 0.1) is 11.8 Å². The van der Waals surface area contributed by atoms with Crippen LogP contribution in [0.5, 0.6) is 5.75 Å². The number of hydrogen-bond donors (Lipinski definition) is 1. The largest absolute Gasteiger partial charge is 0.482 e. The molecule has 0 atom stereocenters. The van der Waals surface area contributed by atoms with E-state index in [1.54, 1.807) is 13.8 Å². The van der Waals surface area contributed by atoms with E-state index in [4.69, 9.17) is 10.5 Å². The lowest BCUT2D eigenvalue weighted by molar-refractivity contribution is -0.122. The Morgan fingerprint density at radius 3 is 2.89 bits per heavy atom. The number of carbonyl (C=O) groups excluding carboxylic acids is 1. The average Bonchev–Trinajstić information content (AvgIpc) is 2.38. The lowest BCUT2D eigenvalue weighted by Crippen LogP contribution is -2.51. The van der Waals surface area contributed by atoms with E-state index in [2.05, 4.69) is 6.07 Å². The van der Waals surface area contributed by atoms with Crippen molar-refractivity contribution in [1.82, 2.24) is 0 Å². The Labute approximate surface area is 112 Å². The fourth-order valence-electron chi connectivity index (χ4n) is 2.18. The van der Waals surface area contributed by atoms with Crippen molar-refractivity contribution in [3.8, 4) is 11.8 Å². The molecule has 0 bridgehead atoms. The fraction of sp³-hybridized carbons (Fsp3) is 0.429. The first-order valence-electron chi connectivity index (χ1n) is 6.19. The highest BCUT2D eigenvalue weighted by molar-refractivity contribution is 5.99. The number of nitrogens with zero attached hydrogens (tertiary/aromatic N) is 2. The van der Waals surface area contributed by atoms with Crippen molar-refractivity contribution in [2.45, 2.75) is 25.8 Å². The van der Waals surface area contributed by atoms with Gasteiger partial charge in [-0.2, -0.15) is 5.26 Å². The van der Waals surface area contributed by atoms with Crippen LogP contribution in [0.2, 0.25) is 0 Å². The van der Waals surface area contributed by atoms with Crippen molar-refractivity contribution < 1.29 is 9.53 Å². The summed E-state index contributed by atoms with van der Waals surface area (Å²) < 4.78 is 5.41. The zero-order valence-corrected chi connectivity index (χ0v) is 11.1. The highest BCUT2D eigenvalue weighted by Crippen LogP contribution is 2.37. The van der Waals surface area contributed by atoms with Gasteiger partial charge in [-0.05, 0) is 44.5 Å². The second kappa shape index (κ2) is 4.90. The van der Waals surface area contributed by atoms with Crippen LogP contribution in [0.15, 0.2) is 18.2 Å². The molecular weight excluding hydrogens is 242 g/mol. The average molecular weight is 259 g/mol. The zero-order valence-electron chi connectivity index (χ0n) is 11.1. The van der Waals surface area contributed by atoms with Crippen molar-refractivity contribution in [3.05, 3.63) is 23.8 Å². The quantitative estimate of drug-likeness (QED) is 0.885. The van der Waals surface area contributed by atoms with Gasteiger partial charge in [-0.15, -0.1) is 0 Å². The summed E-state index contributed by atoms with van der Waals surface area (Å²) in [5, 5.41) is 9.26. The molecule has 0 radical (unpaired) electrons. The molecular formula is C14H17N3O2. The van der Waals surface area contributed by atoms with Gasteiger partial charge in [-0.1, -0.05) is 6.07 Å². The van der Waals surface area contributed by atoms with Crippen LogP contribution < -0.4 is 15.4 Å². The molecule has 19 heavy (non-hydrogen) atoms. The first-order valence-corrected chi connectivity index (χ1v) is 6.19. The van der Waals surface area contributed by atoms with Crippen LogP contribution in [-0.2, 0) is 11.2 Å². The Morgan fingerprint density at radius 2 is 2.26 bits per heavy atom. The summed E-state index contributed by atoms with van der Waals surface area (Å²) in [5.41, 5.74) is 6.31. The van der Waals surface area contributed by atoms with E-state index in [0.717, 1.165) is 12.0 Å². The monoisotopic (exact) mass is 259 g/mol. The summed E-state index contributed by atoms with van der Waals surface area (Å²) in [6.45, 7) is 3.94.